The van der Waals surface area contributed by atoms with Crippen LogP contribution in [0.3, 0.4) is 0 Å². The Kier molecular flexibility index (Phi) is 3.13. The summed E-state index contributed by atoms with van der Waals surface area (Å²) in [5.74, 6) is 0.889. The second-order valence-corrected chi connectivity index (χ2v) is 3.58. The molecule has 11 heavy (non-hydrogen) atoms. The van der Waals surface area contributed by atoms with E-state index < -0.39 is 0 Å². The van der Waals surface area contributed by atoms with Crippen LogP contribution >= 0.6 is 0 Å². The molecule has 0 aromatic carbocycles. The standard InChI is InChI=1S/C10H18O/c1-3-9-4-5-10(7-9)6-8(2)11/h6,8-9,11H,3-5,7H2,1-2H3. The third-order valence-corrected chi connectivity index (χ3v) is 2.48. The summed E-state index contributed by atoms with van der Waals surface area (Å²) in [6.45, 7) is 4.07. The van der Waals surface area contributed by atoms with Gasteiger partial charge in [0, 0.05) is 0 Å². The van der Waals surface area contributed by atoms with Gasteiger partial charge in [-0.05, 0) is 32.1 Å². The third-order valence-electron chi connectivity index (χ3n) is 2.48. The molecule has 1 fully saturated rings. The quantitative estimate of drug-likeness (QED) is 0.606. The molecule has 1 N–H and O–H groups in total. The molecule has 0 heterocycles. The fraction of sp³-hybridized carbons (Fsp3) is 0.800. The van der Waals surface area contributed by atoms with E-state index in [-0.39, 0.29) is 6.10 Å². The zero-order valence-electron chi connectivity index (χ0n) is 7.51. The first kappa shape index (κ1) is 8.79. The van der Waals surface area contributed by atoms with Crippen LogP contribution in [0.2, 0.25) is 0 Å². The van der Waals surface area contributed by atoms with Crippen molar-refractivity contribution in [3.05, 3.63) is 11.6 Å². The minimum absolute atomic E-state index is 0.249. The highest BCUT2D eigenvalue weighted by molar-refractivity contribution is 5.09. The Labute approximate surface area is 69.1 Å². The average molecular weight is 154 g/mol. The van der Waals surface area contributed by atoms with Crippen molar-refractivity contribution in [3.63, 3.8) is 0 Å². The van der Waals surface area contributed by atoms with Crippen molar-refractivity contribution in [2.45, 2.75) is 45.6 Å². The molecule has 0 aromatic heterocycles. The lowest BCUT2D eigenvalue weighted by atomic mass is 10.1. The minimum atomic E-state index is -0.249. The van der Waals surface area contributed by atoms with Crippen LogP contribution in [0.1, 0.15) is 39.5 Å². The van der Waals surface area contributed by atoms with Gasteiger partial charge in [-0.15, -0.1) is 0 Å². The van der Waals surface area contributed by atoms with Crippen molar-refractivity contribution in [1.82, 2.24) is 0 Å². The highest BCUT2D eigenvalue weighted by atomic mass is 16.3. The molecule has 1 saturated carbocycles. The number of aliphatic hydroxyl groups is 1. The fourth-order valence-electron chi connectivity index (χ4n) is 1.81. The summed E-state index contributed by atoms with van der Waals surface area (Å²) < 4.78 is 0. The van der Waals surface area contributed by atoms with Crippen LogP contribution in [0.15, 0.2) is 11.6 Å². The molecule has 1 nitrogen and oxygen atoms in total. The summed E-state index contributed by atoms with van der Waals surface area (Å²) in [4.78, 5) is 0. The molecule has 0 spiro atoms. The van der Waals surface area contributed by atoms with E-state index in [1.807, 2.05) is 13.0 Å². The van der Waals surface area contributed by atoms with Crippen LogP contribution < -0.4 is 0 Å². The molecule has 0 saturated heterocycles. The van der Waals surface area contributed by atoms with E-state index in [0.29, 0.717) is 0 Å². The lowest BCUT2D eigenvalue weighted by molar-refractivity contribution is 0.243. The van der Waals surface area contributed by atoms with E-state index in [1.165, 1.54) is 31.3 Å². The van der Waals surface area contributed by atoms with Crippen molar-refractivity contribution in [1.29, 1.82) is 0 Å². The molecule has 1 aliphatic carbocycles. The van der Waals surface area contributed by atoms with E-state index in [9.17, 15) is 0 Å². The van der Waals surface area contributed by atoms with E-state index >= 15 is 0 Å². The molecule has 1 rings (SSSR count). The van der Waals surface area contributed by atoms with Crippen molar-refractivity contribution < 1.29 is 5.11 Å². The highest BCUT2D eigenvalue weighted by Crippen LogP contribution is 2.32. The monoisotopic (exact) mass is 154 g/mol. The molecule has 0 aliphatic heterocycles. The van der Waals surface area contributed by atoms with Gasteiger partial charge in [0.2, 0.25) is 0 Å². The molecular formula is C10H18O. The van der Waals surface area contributed by atoms with Gasteiger partial charge in [0.25, 0.3) is 0 Å². The Morgan fingerprint density at radius 2 is 2.45 bits per heavy atom. The van der Waals surface area contributed by atoms with Crippen LogP contribution in [0.5, 0.6) is 0 Å². The summed E-state index contributed by atoms with van der Waals surface area (Å²) in [6, 6.07) is 0. The Balaban J connectivity index is 2.41. The molecule has 1 aliphatic rings. The average Bonchev–Trinajstić information content (AvgIpc) is 2.34. The van der Waals surface area contributed by atoms with Gasteiger partial charge in [-0.25, -0.2) is 0 Å². The maximum absolute atomic E-state index is 9.10. The molecule has 0 aromatic rings. The minimum Gasteiger partial charge on any atom is -0.389 e. The molecular weight excluding hydrogens is 136 g/mol. The van der Waals surface area contributed by atoms with Gasteiger partial charge in [-0.2, -0.15) is 0 Å². The predicted molar refractivity (Wildman–Crippen MR) is 47.4 cm³/mol. The summed E-state index contributed by atoms with van der Waals surface area (Å²) in [5, 5.41) is 9.10. The maximum atomic E-state index is 9.10. The van der Waals surface area contributed by atoms with Gasteiger partial charge in [0.05, 0.1) is 6.10 Å². The molecule has 0 bridgehead atoms. The van der Waals surface area contributed by atoms with Crippen LogP contribution in [0.25, 0.3) is 0 Å². The van der Waals surface area contributed by atoms with Crippen LogP contribution in [0.4, 0.5) is 0 Å². The topological polar surface area (TPSA) is 20.2 Å². The summed E-state index contributed by atoms with van der Waals surface area (Å²) in [7, 11) is 0. The summed E-state index contributed by atoms with van der Waals surface area (Å²) in [5.41, 5.74) is 1.46. The fourth-order valence-corrected chi connectivity index (χ4v) is 1.81. The van der Waals surface area contributed by atoms with Gasteiger partial charge >= 0.3 is 0 Å². The lowest BCUT2D eigenvalue weighted by Crippen LogP contribution is -1.94. The second-order valence-electron chi connectivity index (χ2n) is 3.58. The number of hydrogen-bond donors (Lipinski definition) is 1. The first-order valence-electron chi connectivity index (χ1n) is 4.60. The Hall–Kier alpha value is -0.300. The van der Waals surface area contributed by atoms with E-state index in [1.54, 1.807) is 0 Å². The zero-order valence-corrected chi connectivity index (χ0v) is 7.51. The summed E-state index contributed by atoms with van der Waals surface area (Å²) in [6.07, 6.45) is 6.81. The van der Waals surface area contributed by atoms with Gasteiger partial charge < -0.3 is 5.11 Å². The zero-order chi connectivity index (χ0) is 8.27. The number of allylic oxidation sites excluding steroid dienone is 1. The Bertz CT molecular complexity index is 147. The number of rotatable bonds is 2. The first-order valence-corrected chi connectivity index (χ1v) is 4.60. The number of aliphatic hydroxyl groups excluding tert-OH is 1. The Morgan fingerprint density at radius 1 is 1.73 bits per heavy atom. The van der Waals surface area contributed by atoms with Gasteiger partial charge in [-0.3, -0.25) is 0 Å². The number of hydrogen-bond acceptors (Lipinski definition) is 1. The van der Waals surface area contributed by atoms with Crippen LogP contribution in [-0.4, -0.2) is 11.2 Å². The smallest absolute Gasteiger partial charge is 0.0695 e. The van der Waals surface area contributed by atoms with Gasteiger partial charge in [0.1, 0.15) is 0 Å². The van der Waals surface area contributed by atoms with E-state index in [0.717, 1.165) is 5.92 Å². The van der Waals surface area contributed by atoms with Gasteiger partial charge in [-0.1, -0.05) is 25.0 Å². The molecule has 0 amide bonds. The molecule has 2 unspecified atom stereocenters. The molecule has 2 atom stereocenters. The third kappa shape index (κ3) is 2.66. The van der Waals surface area contributed by atoms with Crippen LogP contribution in [-0.2, 0) is 0 Å². The molecule has 64 valence electrons. The largest absolute Gasteiger partial charge is 0.389 e. The van der Waals surface area contributed by atoms with Crippen molar-refractivity contribution in [2.75, 3.05) is 0 Å². The predicted octanol–water partition coefficient (Wildman–Crippen LogP) is 2.50. The SMILES string of the molecule is CCC1CCC(=CC(C)O)C1. The van der Waals surface area contributed by atoms with Crippen molar-refractivity contribution >= 4 is 0 Å². The van der Waals surface area contributed by atoms with Crippen LogP contribution in [0, 0.1) is 5.92 Å². The van der Waals surface area contributed by atoms with Crippen molar-refractivity contribution in [2.24, 2.45) is 5.92 Å². The second kappa shape index (κ2) is 3.91. The van der Waals surface area contributed by atoms with E-state index in [2.05, 4.69) is 6.92 Å². The van der Waals surface area contributed by atoms with Crippen molar-refractivity contribution in [3.8, 4) is 0 Å². The lowest BCUT2D eigenvalue weighted by Gasteiger charge is -2.02. The van der Waals surface area contributed by atoms with E-state index in [4.69, 9.17) is 5.11 Å². The normalized spacial score (nSPS) is 31.2. The van der Waals surface area contributed by atoms with Gasteiger partial charge in [0.15, 0.2) is 0 Å². The Morgan fingerprint density at radius 3 is 2.91 bits per heavy atom. The molecule has 1 heteroatoms. The highest BCUT2D eigenvalue weighted by Gasteiger charge is 2.17. The summed E-state index contributed by atoms with van der Waals surface area (Å²) >= 11 is 0. The first-order chi connectivity index (χ1) is 5.22. The molecule has 0 radical (unpaired) electrons. The maximum Gasteiger partial charge on any atom is 0.0695 e.